The maximum absolute atomic E-state index is 12.2. The van der Waals surface area contributed by atoms with Crippen LogP contribution in [0, 0.1) is 24.2 Å². The Kier molecular flexibility index (Phi) is 4.53. The van der Waals surface area contributed by atoms with Crippen molar-refractivity contribution < 1.29 is 4.79 Å². The van der Waals surface area contributed by atoms with Crippen molar-refractivity contribution in [2.24, 2.45) is 5.92 Å². The van der Waals surface area contributed by atoms with Gasteiger partial charge in [-0.3, -0.25) is 4.79 Å². The van der Waals surface area contributed by atoms with Gasteiger partial charge in [0, 0.05) is 0 Å². The molecule has 7 nitrogen and oxygen atoms in total. The summed E-state index contributed by atoms with van der Waals surface area (Å²) in [7, 11) is 0. The topological polar surface area (TPSA) is 96.5 Å². The zero-order chi connectivity index (χ0) is 17.2. The lowest BCUT2D eigenvalue weighted by Gasteiger charge is -2.22. The largest absolute Gasteiger partial charge is 0.337 e. The van der Waals surface area contributed by atoms with E-state index in [4.69, 9.17) is 0 Å². The van der Waals surface area contributed by atoms with E-state index in [-0.39, 0.29) is 17.6 Å². The molecule has 0 bridgehead atoms. The van der Waals surface area contributed by atoms with Crippen LogP contribution in [0.5, 0.6) is 0 Å². The molecule has 24 heavy (non-hydrogen) atoms. The second-order valence-electron chi connectivity index (χ2n) is 6.14. The molecule has 3 rings (SSSR count). The second-order valence-corrected chi connectivity index (χ2v) is 7.08. The van der Waals surface area contributed by atoms with Gasteiger partial charge in [-0.2, -0.15) is 9.94 Å². The summed E-state index contributed by atoms with van der Waals surface area (Å²) in [6, 6.07) is 10.0. The summed E-state index contributed by atoms with van der Waals surface area (Å²) in [6.07, 6.45) is 1.98. The molecule has 1 aliphatic rings. The Labute approximate surface area is 144 Å². The lowest BCUT2D eigenvalue weighted by atomic mass is 9.98. The molecule has 1 fully saturated rings. The molecular weight excluding hydrogens is 324 g/mol. The van der Waals surface area contributed by atoms with Crippen LogP contribution in [-0.2, 0) is 4.79 Å². The van der Waals surface area contributed by atoms with E-state index in [0.29, 0.717) is 5.16 Å². The van der Waals surface area contributed by atoms with Crippen LogP contribution in [-0.4, -0.2) is 37.4 Å². The van der Waals surface area contributed by atoms with Crippen LogP contribution < -0.4 is 5.32 Å². The van der Waals surface area contributed by atoms with Crippen LogP contribution in [0.1, 0.15) is 25.3 Å². The molecule has 2 aromatic rings. The Morgan fingerprint density at radius 1 is 1.54 bits per heavy atom. The molecule has 1 aromatic carbocycles. The first-order chi connectivity index (χ1) is 11.5. The van der Waals surface area contributed by atoms with Gasteiger partial charge in [0.15, 0.2) is 0 Å². The van der Waals surface area contributed by atoms with Crippen LogP contribution in [0.15, 0.2) is 29.4 Å². The number of thioether (sulfide) groups is 1. The highest BCUT2D eigenvalue weighted by atomic mass is 32.2. The van der Waals surface area contributed by atoms with E-state index in [0.717, 1.165) is 24.1 Å². The minimum Gasteiger partial charge on any atom is -0.337 e. The van der Waals surface area contributed by atoms with Crippen molar-refractivity contribution in [3.63, 3.8) is 0 Å². The van der Waals surface area contributed by atoms with Gasteiger partial charge in [0.1, 0.15) is 5.54 Å². The van der Waals surface area contributed by atoms with Gasteiger partial charge in [-0.25, -0.2) is 0 Å². The Balaban J connectivity index is 1.65. The first-order valence-electron chi connectivity index (χ1n) is 7.72. The molecule has 0 spiro atoms. The molecule has 1 heterocycles. The third kappa shape index (κ3) is 3.57. The fourth-order valence-corrected chi connectivity index (χ4v) is 3.22. The van der Waals surface area contributed by atoms with E-state index in [1.807, 2.05) is 31.2 Å². The Morgan fingerprint density at radius 2 is 2.33 bits per heavy atom. The smallest absolute Gasteiger partial charge is 0.231 e. The predicted octanol–water partition coefficient (Wildman–Crippen LogP) is 1.87. The van der Waals surface area contributed by atoms with Gasteiger partial charge in [-0.05, 0) is 60.7 Å². The molecule has 1 unspecified atom stereocenters. The molecule has 0 saturated heterocycles. The number of rotatable bonds is 6. The van der Waals surface area contributed by atoms with Crippen molar-refractivity contribution in [2.45, 2.75) is 37.4 Å². The summed E-state index contributed by atoms with van der Waals surface area (Å²) in [4.78, 5) is 12.2. The third-order valence-corrected chi connectivity index (χ3v) is 4.96. The maximum Gasteiger partial charge on any atom is 0.231 e. The van der Waals surface area contributed by atoms with Gasteiger partial charge in [-0.1, -0.05) is 23.9 Å². The summed E-state index contributed by atoms with van der Waals surface area (Å²) >= 11 is 1.25. The summed E-state index contributed by atoms with van der Waals surface area (Å²) in [5.41, 5.74) is 1.17. The summed E-state index contributed by atoms with van der Waals surface area (Å²) in [6.45, 7) is 3.78. The SMILES string of the molecule is Cc1cccc(-n2nnnc2SCC(=O)NC(C)(C#N)C2CC2)c1. The highest BCUT2D eigenvalue weighted by molar-refractivity contribution is 7.99. The van der Waals surface area contributed by atoms with Gasteiger partial charge in [0.25, 0.3) is 0 Å². The number of benzene rings is 1. The first-order valence-corrected chi connectivity index (χ1v) is 8.71. The van der Waals surface area contributed by atoms with Gasteiger partial charge >= 0.3 is 0 Å². The number of hydrogen-bond acceptors (Lipinski definition) is 6. The molecule has 1 saturated carbocycles. The second kappa shape index (κ2) is 6.61. The molecular formula is C16H18N6OS. The van der Waals surface area contributed by atoms with Crippen molar-refractivity contribution in [3.05, 3.63) is 29.8 Å². The van der Waals surface area contributed by atoms with Crippen molar-refractivity contribution in [1.82, 2.24) is 25.5 Å². The number of aromatic nitrogens is 4. The van der Waals surface area contributed by atoms with Crippen LogP contribution in [0.2, 0.25) is 0 Å². The Morgan fingerprint density at radius 3 is 3.00 bits per heavy atom. The fraction of sp³-hybridized carbons (Fsp3) is 0.438. The average Bonchev–Trinajstić information content (AvgIpc) is 3.32. The number of carbonyl (C=O) groups excluding carboxylic acids is 1. The van der Waals surface area contributed by atoms with E-state index in [2.05, 4.69) is 26.9 Å². The Bertz CT molecular complexity index is 794. The highest BCUT2D eigenvalue weighted by Crippen LogP contribution is 2.39. The summed E-state index contributed by atoms with van der Waals surface area (Å²) < 4.78 is 1.61. The number of hydrogen-bond donors (Lipinski definition) is 1. The minimum atomic E-state index is -0.778. The van der Waals surface area contributed by atoms with Crippen molar-refractivity contribution in [1.29, 1.82) is 5.26 Å². The lowest BCUT2D eigenvalue weighted by molar-refractivity contribution is -0.119. The van der Waals surface area contributed by atoms with Gasteiger partial charge in [-0.15, -0.1) is 5.10 Å². The molecule has 8 heteroatoms. The molecule has 1 N–H and O–H groups in total. The lowest BCUT2D eigenvalue weighted by Crippen LogP contribution is -2.47. The number of nitrogens with zero attached hydrogens (tertiary/aromatic N) is 5. The number of carbonyl (C=O) groups is 1. The number of nitrogens with one attached hydrogen (secondary N) is 1. The standard InChI is InChI=1S/C16H18N6OS/c1-11-4-3-5-13(8-11)22-15(19-20-21-22)24-9-14(23)18-16(2,10-17)12-6-7-12/h3-5,8,12H,6-7,9H2,1-2H3,(H,18,23). The highest BCUT2D eigenvalue weighted by Gasteiger charge is 2.42. The van der Waals surface area contributed by atoms with Gasteiger partial charge < -0.3 is 5.32 Å². The summed E-state index contributed by atoms with van der Waals surface area (Å²) in [5, 5.41) is 24.3. The average molecular weight is 342 g/mol. The quantitative estimate of drug-likeness (QED) is 0.805. The molecule has 0 aliphatic heterocycles. The molecule has 1 aromatic heterocycles. The van der Waals surface area contributed by atoms with Crippen molar-refractivity contribution in [3.8, 4) is 11.8 Å². The molecule has 1 amide bonds. The van der Waals surface area contributed by atoms with E-state index in [1.165, 1.54) is 11.8 Å². The van der Waals surface area contributed by atoms with Crippen LogP contribution in [0.3, 0.4) is 0 Å². The monoisotopic (exact) mass is 342 g/mol. The minimum absolute atomic E-state index is 0.163. The number of amides is 1. The van der Waals surface area contributed by atoms with Crippen molar-refractivity contribution >= 4 is 17.7 Å². The van der Waals surface area contributed by atoms with Crippen molar-refractivity contribution in [2.75, 3.05) is 5.75 Å². The van der Waals surface area contributed by atoms with E-state index in [1.54, 1.807) is 11.6 Å². The van der Waals surface area contributed by atoms with Gasteiger partial charge in [0.05, 0.1) is 17.5 Å². The van der Waals surface area contributed by atoms with Crippen LogP contribution in [0.25, 0.3) is 5.69 Å². The number of nitriles is 1. The zero-order valence-electron chi connectivity index (χ0n) is 13.6. The number of aryl methyl sites for hydroxylation is 1. The fourth-order valence-electron chi connectivity index (χ4n) is 2.53. The van der Waals surface area contributed by atoms with E-state index in [9.17, 15) is 10.1 Å². The molecule has 1 atom stereocenters. The summed E-state index contributed by atoms with van der Waals surface area (Å²) in [5.74, 6) is 0.236. The van der Waals surface area contributed by atoms with Crippen LogP contribution in [0.4, 0.5) is 0 Å². The number of tetrazole rings is 1. The van der Waals surface area contributed by atoms with E-state index >= 15 is 0 Å². The van der Waals surface area contributed by atoms with Gasteiger partial charge in [0.2, 0.25) is 11.1 Å². The molecule has 0 radical (unpaired) electrons. The third-order valence-electron chi connectivity index (χ3n) is 4.04. The molecule has 1 aliphatic carbocycles. The van der Waals surface area contributed by atoms with E-state index < -0.39 is 5.54 Å². The zero-order valence-corrected chi connectivity index (χ0v) is 14.4. The molecule has 124 valence electrons. The first kappa shape index (κ1) is 16.5. The predicted molar refractivity (Wildman–Crippen MR) is 89.5 cm³/mol. The normalized spacial score (nSPS) is 16.2. The Hall–Kier alpha value is -2.40. The van der Waals surface area contributed by atoms with Crippen LogP contribution >= 0.6 is 11.8 Å². The maximum atomic E-state index is 12.2.